The fourth-order valence-corrected chi connectivity index (χ4v) is 2.21. The van der Waals surface area contributed by atoms with Gasteiger partial charge in [-0.1, -0.05) is 17.7 Å². The fourth-order valence-electron chi connectivity index (χ4n) is 1.87. The van der Waals surface area contributed by atoms with Crippen molar-refractivity contribution >= 4 is 23.4 Å². The van der Waals surface area contributed by atoms with E-state index in [9.17, 15) is 4.79 Å². The Balaban J connectivity index is 2.28. The number of carbonyl (C=O) groups is 1. The van der Waals surface area contributed by atoms with Crippen LogP contribution in [0.3, 0.4) is 0 Å². The Bertz CT molecular complexity index is 646. The van der Waals surface area contributed by atoms with Gasteiger partial charge in [-0.3, -0.25) is 4.98 Å². The first-order chi connectivity index (χ1) is 9.49. The lowest BCUT2D eigenvalue weighted by Gasteiger charge is -2.19. The molecule has 0 atom stereocenters. The molecule has 0 aliphatic carbocycles. The average Bonchev–Trinajstić information content (AvgIpc) is 2.38. The maximum absolute atomic E-state index is 11.1. The zero-order chi connectivity index (χ0) is 14.7. The topological polar surface area (TPSA) is 66.3 Å². The summed E-state index contributed by atoms with van der Waals surface area (Å²) in [7, 11) is 1.80. The smallest absolute Gasteiger partial charge is 0.337 e. The lowest BCUT2D eigenvalue weighted by molar-refractivity contribution is 0.0697. The minimum absolute atomic E-state index is 0.0423. The molecule has 0 unspecified atom stereocenters. The number of aromatic carboxylic acids is 1. The molecule has 0 saturated carbocycles. The van der Waals surface area contributed by atoms with Gasteiger partial charge in [-0.05, 0) is 25.1 Å². The van der Waals surface area contributed by atoms with Crippen molar-refractivity contribution in [1.82, 2.24) is 9.97 Å². The first-order valence-electron chi connectivity index (χ1n) is 6.00. The van der Waals surface area contributed by atoms with Crippen molar-refractivity contribution in [2.45, 2.75) is 13.5 Å². The third kappa shape index (κ3) is 3.05. The average molecular weight is 292 g/mol. The van der Waals surface area contributed by atoms with Crippen LogP contribution in [-0.4, -0.2) is 28.1 Å². The second-order valence-corrected chi connectivity index (χ2v) is 4.81. The van der Waals surface area contributed by atoms with Gasteiger partial charge in [0.2, 0.25) is 0 Å². The number of rotatable bonds is 4. The number of pyridine rings is 2. The second kappa shape index (κ2) is 5.88. The van der Waals surface area contributed by atoms with Crippen molar-refractivity contribution in [1.29, 1.82) is 0 Å². The van der Waals surface area contributed by atoms with Crippen LogP contribution in [-0.2, 0) is 6.54 Å². The standard InChI is InChI=1S/C14H14ClN3O2/c1-9-4-3-5-10(17-9)8-18(2)13-12(15)11(14(19)20)6-7-16-13/h3-7H,8H2,1-2H3,(H,19,20). The molecule has 2 rings (SSSR count). The molecule has 0 saturated heterocycles. The maximum Gasteiger partial charge on any atom is 0.337 e. The molecule has 0 aromatic carbocycles. The molecule has 0 radical (unpaired) electrons. The molecule has 5 nitrogen and oxygen atoms in total. The summed E-state index contributed by atoms with van der Waals surface area (Å²) in [6.07, 6.45) is 1.44. The highest BCUT2D eigenvalue weighted by Gasteiger charge is 2.16. The zero-order valence-corrected chi connectivity index (χ0v) is 11.9. The number of carboxylic acid groups (broad SMARTS) is 1. The van der Waals surface area contributed by atoms with E-state index in [0.29, 0.717) is 12.4 Å². The molecular formula is C14H14ClN3O2. The van der Waals surface area contributed by atoms with Gasteiger partial charge < -0.3 is 10.0 Å². The third-order valence-electron chi connectivity index (χ3n) is 2.81. The predicted octanol–water partition coefficient (Wildman–Crippen LogP) is 2.77. The van der Waals surface area contributed by atoms with E-state index in [1.54, 1.807) is 11.9 Å². The summed E-state index contributed by atoms with van der Waals surface area (Å²) in [5.74, 6) is -0.643. The lowest BCUT2D eigenvalue weighted by atomic mass is 10.2. The number of halogens is 1. The Hall–Kier alpha value is -2.14. The SMILES string of the molecule is Cc1cccc(CN(C)c2nccc(C(=O)O)c2Cl)n1. The minimum atomic E-state index is -1.07. The number of nitrogens with zero attached hydrogens (tertiary/aromatic N) is 3. The number of hydrogen-bond acceptors (Lipinski definition) is 4. The molecule has 0 aliphatic heterocycles. The summed E-state index contributed by atoms with van der Waals surface area (Å²) in [5.41, 5.74) is 1.83. The largest absolute Gasteiger partial charge is 0.478 e. The quantitative estimate of drug-likeness (QED) is 0.938. The molecule has 0 spiro atoms. The highest BCUT2D eigenvalue weighted by molar-refractivity contribution is 6.35. The van der Waals surface area contributed by atoms with Gasteiger partial charge in [0.1, 0.15) is 5.82 Å². The summed E-state index contributed by atoms with van der Waals surface area (Å²) >= 11 is 6.09. The summed E-state index contributed by atoms with van der Waals surface area (Å²) < 4.78 is 0. The molecular weight excluding hydrogens is 278 g/mol. The molecule has 0 fully saturated rings. The first-order valence-corrected chi connectivity index (χ1v) is 6.38. The van der Waals surface area contributed by atoms with Crippen LogP contribution in [0.15, 0.2) is 30.5 Å². The first kappa shape index (κ1) is 14.3. The van der Waals surface area contributed by atoms with Gasteiger partial charge in [0.05, 0.1) is 22.8 Å². The van der Waals surface area contributed by atoms with Crippen LogP contribution in [0, 0.1) is 6.92 Å². The number of hydrogen-bond donors (Lipinski definition) is 1. The molecule has 0 bridgehead atoms. The summed E-state index contributed by atoms with van der Waals surface area (Å²) in [4.78, 5) is 21.4. The highest BCUT2D eigenvalue weighted by atomic mass is 35.5. The number of carboxylic acids is 1. The summed E-state index contributed by atoms with van der Waals surface area (Å²) in [5, 5.41) is 9.19. The van der Waals surface area contributed by atoms with Crippen LogP contribution in [0.1, 0.15) is 21.7 Å². The number of aromatic nitrogens is 2. The van der Waals surface area contributed by atoms with Gasteiger partial charge in [-0.15, -0.1) is 0 Å². The Morgan fingerprint density at radius 3 is 2.80 bits per heavy atom. The number of aryl methyl sites for hydroxylation is 1. The molecule has 6 heteroatoms. The molecule has 2 heterocycles. The molecule has 1 N–H and O–H groups in total. The molecule has 104 valence electrons. The van der Waals surface area contributed by atoms with E-state index in [1.807, 2.05) is 25.1 Å². The van der Waals surface area contributed by atoms with Crippen molar-refractivity contribution in [3.05, 3.63) is 52.4 Å². The summed E-state index contributed by atoms with van der Waals surface area (Å²) in [6, 6.07) is 7.12. The van der Waals surface area contributed by atoms with E-state index in [1.165, 1.54) is 12.3 Å². The van der Waals surface area contributed by atoms with Crippen molar-refractivity contribution in [2.75, 3.05) is 11.9 Å². The van der Waals surface area contributed by atoms with E-state index in [0.717, 1.165) is 11.4 Å². The Morgan fingerprint density at radius 1 is 1.40 bits per heavy atom. The van der Waals surface area contributed by atoms with E-state index in [2.05, 4.69) is 9.97 Å². The molecule has 0 aliphatic rings. The van der Waals surface area contributed by atoms with Crippen LogP contribution < -0.4 is 4.90 Å². The highest BCUT2D eigenvalue weighted by Crippen LogP contribution is 2.26. The molecule has 20 heavy (non-hydrogen) atoms. The van der Waals surface area contributed by atoms with Gasteiger partial charge in [0, 0.05) is 18.9 Å². The molecule has 2 aromatic heterocycles. The second-order valence-electron chi connectivity index (χ2n) is 4.43. The number of anilines is 1. The van der Waals surface area contributed by atoms with Crippen LogP contribution in [0.4, 0.5) is 5.82 Å². The van der Waals surface area contributed by atoms with Gasteiger partial charge in [-0.25, -0.2) is 9.78 Å². The van der Waals surface area contributed by atoms with Crippen molar-refractivity contribution < 1.29 is 9.90 Å². The Morgan fingerprint density at radius 2 is 2.15 bits per heavy atom. The van der Waals surface area contributed by atoms with Crippen molar-refractivity contribution in [2.24, 2.45) is 0 Å². The van der Waals surface area contributed by atoms with E-state index in [4.69, 9.17) is 16.7 Å². The van der Waals surface area contributed by atoms with Gasteiger partial charge >= 0.3 is 5.97 Å². The van der Waals surface area contributed by atoms with Crippen molar-refractivity contribution in [3.63, 3.8) is 0 Å². The van der Waals surface area contributed by atoms with E-state index in [-0.39, 0.29) is 10.6 Å². The van der Waals surface area contributed by atoms with Crippen LogP contribution in [0.2, 0.25) is 5.02 Å². The van der Waals surface area contributed by atoms with Crippen molar-refractivity contribution in [3.8, 4) is 0 Å². The Kier molecular flexibility index (Phi) is 4.20. The maximum atomic E-state index is 11.1. The molecule has 0 amide bonds. The van der Waals surface area contributed by atoms with E-state index < -0.39 is 5.97 Å². The normalized spacial score (nSPS) is 10.3. The lowest BCUT2D eigenvalue weighted by Crippen LogP contribution is -2.19. The monoisotopic (exact) mass is 291 g/mol. The van der Waals surface area contributed by atoms with Crippen LogP contribution in [0.25, 0.3) is 0 Å². The van der Waals surface area contributed by atoms with Crippen LogP contribution >= 0.6 is 11.6 Å². The fraction of sp³-hybridized carbons (Fsp3) is 0.214. The molecule has 2 aromatic rings. The summed E-state index contributed by atoms with van der Waals surface area (Å²) in [6.45, 7) is 2.41. The predicted molar refractivity (Wildman–Crippen MR) is 77.3 cm³/mol. The van der Waals surface area contributed by atoms with Gasteiger partial charge in [-0.2, -0.15) is 0 Å². The van der Waals surface area contributed by atoms with Crippen LogP contribution in [0.5, 0.6) is 0 Å². The minimum Gasteiger partial charge on any atom is -0.478 e. The zero-order valence-electron chi connectivity index (χ0n) is 11.2. The van der Waals surface area contributed by atoms with Gasteiger partial charge in [0.15, 0.2) is 0 Å². The third-order valence-corrected chi connectivity index (χ3v) is 3.18. The van der Waals surface area contributed by atoms with Gasteiger partial charge in [0.25, 0.3) is 0 Å². The van der Waals surface area contributed by atoms with E-state index >= 15 is 0 Å². The Labute approximate surface area is 121 Å².